The lowest BCUT2D eigenvalue weighted by Gasteiger charge is -2.26. The maximum absolute atomic E-state index is 11.6. The number of benzene rings is 2. The average molecular weight is 307 g/mol. The van der Waals surface area contributed by atoms with Gasteiger partial charge >= 0.3 is 0 Å². The fourth-order valence-electron chi connectivity index (χ4n) is 2.75. The summed E-state index contributed by atoms with van der Waals surface area (Å²) in [5.74, 6) is 0.436. The summed E-state index contributed by atoms with van der Waals surface area (Å²) in [6, 6.07) is 19.8. The minimum Gasteiger partial charge on any atom is -0.480 e. The van der Waals surface area contributed by atoms with E-state index >= 15 is 0 Å². The van der Waals surface area contributed by atoms with E-state index in [2.05, 4.69) is 0 Å². The van der Waals surface area contributed by atoms with Gasteiger partial charge in [0.25, 0.3) is 5.91 Å². The number of nitrogens with two attached hydrogens (primary N) is 1. The zero-order chi connectivity index (χ0) is 15.1. The number of fused-ring (bicyclic) bond motifs is 3. The van der Waals surface area contributed by atoms with Crippen LogP contribution in [-0.2, 0) is 0 Å². The zero-order valence-electron chi connectivity index (χ0n) is 11.7. The van der Waals surface area contributed by atoms with Crippen molar-refractivity contribution in [2.24, 2.45) is 5.73 Å². The smallest absolute Gasteiger partial charge is 0.258 e. The molecule has 0 saturated carbocycles. The van der Waals surface area contributed by atoms with Gasteiger partial charge in [0.15, 0.2) is 6.10 Å². The van der Waals surface area contributed by atoms with Crippen molar-refractivity contribution in [1.82, 2.24) is 0 Å². The monoisotopic (exact) mass is 307 g/mol. The van der Waals surface area contributed by atoms with Crippen molar-refractivity contribution in [1.29, 1.82) is 0 Å². The van der Waals surface area contributed by atoms with Crippen molar-refractivity contribution >= 4 is 17.2 Å². The summed E-state index contributed by atoms with van der Waals surface area (Å²) in [5.41, 5.74) is 8.54. The minimum absolute atomic E-state index is 0.213. The van der Waals surface area contributed by atoms with Crippen LogP contribution in [0.25, 0.3) is 10.4 Å². The molecule has 4 rings (SSSR count). The summed E-state index contributed by atoms with van der Waals surface area (Å²) >= 11 is 1.43. The molecule has 2 heterocycles. The molecule has 0 radical (unpaired) electrons. The van der Waals surface area contributed by atoms with E-state index in [-0.39, 0.29) is 6.10 Å². The predicted octanol–water partition coefficient (Wildman–Crippen LogP) is 4.00. The third kappa shape index (κ3) is 2.00. The predicted molar refractivity (Wildman–Crippen MR) is 87.2 cm³/mol. The van der Waals surface area contributed by atoms with Crippen molar-refractivity contribution in [3.05, 3.63) is 76.7 Å². The Morgan fingerprint density at radius 3 is 2.55 bits per heavy atom. The van der Waals surface area contributed by atoms with Gasteiger partial charge in [-0.3, -0.25) is 4.79 Å². The molecule has 0 bridgehead atoms. The van der Waals surface area contributed by atoms with Gasteiger partial charge in [0.2, 0.25) is 0 Å². The van der Waals surface area contributed by atoms with Gasteiger partial charge in [0.1, 0.15) is 5.75 Å². The Morgan fingerprint density at radius 1 is 1.05 bits per heavy atom. The maximum Gasteiger partial charge on any atom is 0.258 e. The molecule has 22 heavy (non-hydrogen) atoms. The largest absolute Gasteiger partial charge is 0.480 e. The molecule has 1 amide bonds. The number of rotatable bonds is 2. The van der Waals surface area contributed by atoms with Gasteiger partial charge in [-0.2, -0.15) is 0 Å². The molecule has 108 valence electrons. The molecule has 4 heteroatoms. The molecule has 0 saturated heterocycles. The first-order valence-corrected chi connectivity index (χ1v) is 7.80. The van der Waals surface area contributed by atoms with E-state index in [9.17, 15) is 4.79 Å². The van der Waals surface area contributed by atoms with Gasteiger partial charge in [0, 0.05) is 16.0 Å². The number of primary amides is 1. The van der Waals surface area contributed by atoms with Gasteiger partial charge in [-0.05, 0) is 23.8 Å². The normalized spacial score (nSPS) is 15.5. The molecule has 3 nitrogen and oxygen atoms in total. The molecule has 1 aliphatic heterocycles. The van der Waals surface area contributed by atoms with Crippen molar-refractivity contribution in [2.75, 3.05) is 0 Å². The zero-order valence-corrected chi connectivity index (χ0v) is 12.5. The van der Waals surface area contributed by atoms with Crippen LogP contribution >= 0.6 is 11.3 Å². The van der Waals surface area contributed by atoms with Crippen LogP contribution in [0.4, 0.5) is 0 Å². The first kappa shape index (κ1) is 13.1. The number of carbonyl (C=O) groups is 1. The molecule has 1 atom stereocenters. The van der Waals surface area contributed by atoms with Crippen molar-refractivity contribution < 1.29 is 9.53 Å². The van der Waals surface area contributed by atoms with E-state index in [1.54, 1.807) is 0 Å². The number of para-hydroxylation sites is 1. The Balaban J connectivity index is 1.93. The highest BCUT2D eigenvalue weighted by Crippen LogP contribution is 2.48. The number of thiophene rings is 1. The van der Waals surface area contributed by atoms with E-state index in [4.69, 9.17) is 10.5 Å². The van der Waals surface area contributed by atoms with E-state index < -0.39 is 5.91 Å². The lowest BCUT2D eigenvalue weighted by atomic mass is 9.96. The Morgan fingerprint density at radius 2 is 1.77 bits per heavy atom. The van der Waals surface area contributed by atoms with Crippen LogP contribution in [0.15, 0.2) is 60.7 Å². The third-order valence-electron chi connectivity index (χ3n) is 3.76. The van der Waals surface area contributed by atoms with Gasteiger partial charge in [-0.15, -0.1) is 11.3 Å². The first-order valence-electron chi connectivity index (χ1n) is 6.98. The van der Waals surface area contributed by atoms with Gasteiger partial charge in [-0.25, -0.2) is 0 Å². The number of amides is 1. The second-order valence-corrected chi connectivity index (χ2v) is 6.22. The van der Waals surface area contributed by atoms with E-state index in [1.807, 2.05) is 60.7 Å². The quantitative estimate of drug-likeness (QED) is 0.778. The second-order valence-electron chi connectivity index (χ2n) is 5.16. The van der Waals surface area contributed by atoms with Crippen LogP contribution < -0.4 is 10.5 Å². The summed E-state index contributed by atoms with van der Waals surface area (Å²) in [7, 11) is 0. The van der Waals surface area contributed by atoms with Crippen LogP contribution in [0.2, 0.25) is 0 Å². The Labute approximate surface area is 132 Å². The second kappa shape index (κ2) is 5.00. The average Bonchev–Trinajstić information content (AvgIpc) is 3.01. The van der Waals surface area contributed by atoms with Gasteiger partial charge in [-0.1, -0.05) is 42.5 Å². The summed E-state index contributed by atoms with van der Waals surface area (Å²) in [4.78, 5) is 13.2. The fraction of sp³-hybridized carbons (Fsp3) is 0.0556. The molecule has 2 aromatic carbocycles. The maximum atomic E-state index is 11.6. The first-order chi connectivity index (χ1) is 10.7. The van der Waals surface area contributed by atoms with Crippen LogP contribution in [-0.4, -0.2) is 5.91 Å². The lowest BCUT2D eigenvalue weighted by Crippen LogP contribution is -2.14. The molecule has 1 unspecified atom stereocenters. The van der Waals surface area contributed by atoms with Crippen LogP contribution in [0.1, 0.15) is 26.9 Å². The molecule has 0 aliphatic carbocycles. The number of carbonyl (C=O) groups excluding carboxylic acids is 1. The lowest BCUT2D eigenvalue weighted by molar-refractivity contribution is 0.100. The summed E-state index contributed by atoms with van der Waals surface area (Å²) in [5, 5.41) is 0. The third-order valence-corrected chi connectivity index (χ3v) is 4.96. The number of hydrogen-bond donors (Lipinski definition) is 1. The fourth-order valence-corrected chi connectivity index (χ4v) is 3.82. The highest BCUT2D eigenvalue weighted by atomic mass is 32.1. The van der Waals surface area contributed by atoms with Crippen molar-refractivity contribution in [2.45, 2.75) is 6.10 Å². The summed E-state index contributed by atoms with van der Waals surface area (Å²) < 4.78 is 6.19. The molecular weight excluding hydrogens is 294 g/mol. The molecular formula is C18H13NO2S. The number of hydrogen-bond acceptors (Lipinski definition) is 3. The minimum atomic E-state index is -0.399. The van der Waals surface area contributed by atoms with E-state index in [0.717, 1.165) is 27.3 Å². The SMILES string of the molecule is NC(=O)c1cc2c(s1)-c1ccccc1OC2c1ccccc1. The highest BCUT2D eigenvalue weighted by Gasteiger charge is 2.30. The van der Waals surface area contributed by atoms with E-state index in [0.29, 0.717) is 4.88 Å². The topological polar surface area (TPSA) is 52.3 Å². The Kier molecular flexibility index (Phi) is 2.98. The standard InChI is InChI=1S/C18H13NO2S/c19-18(20)15-10-13-16(11-6-2-1-3-7-11)21-14-9-5-4-8-12(14)17(13)22-15/h1-10,16H,(H2,19,20). The molecule has 1 aromatic heterocycles. The summed E-state index contributed by atoms with van der Waals surface area (Å²) in [6.07, 6.45) is -0.213. The Bertz CT molecular complexity index is 855. The van der Waals surface area contributed by atoms with E-state index in [1.165, 1.54) is 11.3 Å². The highest BCUT2D eigenvalue weighted by molar-refractivity contribution is 7.17. The van der Waals surface area contributed by atoms with Crippen LogP contribution in [0.5, 0.6) is 5.75 Å². The Hall–Kier alpha value is -2.59. The van der Waals surface area contributed by atoms with Crippen LogP contribution in [0, 0.1) is 0 Å². The molecule has 3 aromatic rings. The van der Waals surface area contributed by atoms with Crippen molar-refractivity contribution in [3.8, 4) is 16.2 Å². The van der Waals surface area contributed by atoms with Crippen LogP contribution in [0.3, 0.4) is 0 Å². The molecule has 0 spiro atoms. The number of ether oxygens (including phenoxy) is 1. The van der Waals surface area contributed by atoms with Crippen molar-refractivity contribution in [3.63, 3.8) is 0 Å². The molecule has 0 fully saturated rings. The molecule has 1 aliphatic rings. The molecule has 2 N–H and O–H groups in total. The van der Waals surface area contributed by atoms with Gasteiger partial charge in [0.05, 0.1) is 4.88 Å². The van der Waals surface area contributed by atoms with Gasteiger partial charge < -0.3 is 10.5 Å². The summed E-state index contributed by atoms with van der Waals surface area (Å²) in [6.45, 7) is 0.